The summed E-state index contributed by atoms with van der Waals surface area (Å²) in [6.45, 7) is 0. The second-order valence-electron chi connectivity index (χ2n) is 3.87. The van der Waals surface area contributed by atoms with Gasteiger partial charge in [-0.25, -0.2) is 9.78 Å². The Morgan fingerprint density at radius 3 is 2.47 bits per heavy atom. The van der Waals surface area contributed by atoms with Crippen LogP contribution in [0.4, 0.5) is 16.2 Å². The first kappa shape index (κ1) is 12.7. The van der Waals surface area contributed by atoms with Crippen LogP contribution < -0.4 is 15.4 Å². The van der Waals surface area contributed by atoms with Crippen LogP contribution in [0.25, 0.3) is 0 Å². The van der Waals surface area contributed by atoms with Gasteiger partial charge in [-0.1, -0.05) is 0 Å². The highest BCUT2D eigenvalue weighted by Gasteiger charge is 2.08. The maximum atomic E-state index is 10.8. The first-order valence-corrected chi connectivity index (χ1v) is 5.52. The molecule has 0 saturated carbocycles. The molecule has 2 rings (SSSR count). The number of carboxylic acid groups (broad SMARTS) is 1. The van der Waals surface area contributed by atoms with Crippen molar-refractivity contribution in [3.8, 4) is 11.6 Å². The molecule has 19 heavy (non-hydrogen) atoms. The number of amides is 1. The number of hydrogen-bond acceptors (Lipinski definition) is 4. The molecule has 0 aliphatic heterocycles. The Bertz CT molecular complexity index is 567. The highest BCUT2D eigenvalue weighted by atomic mass is 16.5. The normalized spacial score (nSPS) is 9.95. The Balaban J connectivity index is 2.10. The number of nitrogens with two attached hydrogens (primary N) is 1. The zero-order valence-electron chi connectivity index (χ0n) is 10.3. The summed E-state index contributed by atoms with van der Waals surface area (Å²) in [5, 5.41) is 8.84. The quantitative estimate of drug-likeness (QED) is 0.884. The van der Waals surface area contributed by atoms with E-state index in [1.165, 1.54) is 13.2 Å². The van der Waals surface area contributed by atoms with E-state index in [0.717, 1.165) is 4.90 Å². The first-order valence-electron chi connectivity index (χ1n) is 5.52. The molecule has 0 atom stereocenters. The monoisotopic (exact) mass is 259 g/mol. The predicted molar refractivity (Wildman–Crippen MR) is 71.6 cm³/mol. The van der Waals surface area contributed by atoms with Crippen LogP contribution in [0.15, 0.2) is 42.6 Å². The molecule has 2 aromatic rings. The van der Waals surface area contributed by atoms with Gasteiger partial charge >= 0.3 is 6.09 Å². The average Bonchev–Trinajstić information content (AvgIpc) is 2.41. The molecule has 1 amide bonds. The van der Waals surface area contributed by atoms with Crippen molar-refractivity contribution in [2.75, 3.05) is 17.7 Å². The Morgan fingerprint density at radius 2 is 1.95 bits per heavy atom. The van der Waals surface area contributed by atoms with Gasteiger partial charge in [0.05, 0.1) is 11.9 Å². The predicted octanol–water partition coefficient (Wildman–Crippen LogP) is 2.57. The third-order valence-electron chi connectivity index (χ3n) is 2.49. The second-order valence-corrected chi connectivity index (χ2v) is 3.87. The molecule has 0 fully saturated rings. The van der Waals surface area contributed by atoms with Gasteiger partial charge in [-0.15, -0.1) is 0 Å². The lowest BCUT2D eigenvalue weighted by Crippen LogP contribution is -2.23. The fourth-order valence-electron chi connectivity index (χ4n) is 1.42. The lowest BCUT2D eigenvalue weighted by molar-refractivity contribution is 0.203. The Kier molecular flexibility index (Phi) is 3.51. The van der Waals surface area contributed by atoms with Crippen LogP contribution >= 0.6 is 0 Å². The number of anilines is 2. The van der Waals surface area contributed by atoms with Crippen LogP contribution in [0.3, 0.4) is 0 Å². The van der Waals surface area contributed by atoms with Gasteiger partial charge in [-0.05, 0) is 30.3 Å². The van der Waals surface area contributed by atoms with Crippen molar-refractivity contribution in [3.63, 3.8) is 0 Å². The minimum Gasteiger partial charge on any atom is -0.465 e. The average molecular weight is 259 g/mol. The summed E-state index contributed by atoms with van der Waals surface area (Å²) in [4.78, 5) is 15.9. The van der Waals surface area contributed by atoms with Crippen molar-refractivity contribution in [1.29, 1.82) is 0 Å². The number of hydrogen-bond donors (Lipinski definition) is 2. The molecule has 0 saturated heterocycles. The molecule has 98 valence electrons. The topological polar surface area (TPSA) is 88.7 Å². The molecular formula is C13H13N3O3. The van der Waals surface area contributed by atoms with Crippen LogP contribution in [-0.2, 0) is 0 Å². The van der Waals surface area contributed by atoms with Crippen LogP contribution in [0, 0.1) is 0 Å². The summed E-state index contributed by atoms with van der Waals surface area (Å²) < 4.78 is 5.50. The van der Waals surface area contributed by atoms with Gasteiger partial charge in [-0.2, -0.15) is 0 Å². The fraction of sp³-hybridized carbons (Fsp3) is 0.0769. The van der Waals surface area contributed by atoms with E-state index in [4.69, 9.17) is 15.6 Å². The van der Waals surface area contributed by atoms with Crippen LogP contribution in [0.5, 0.6) is 11.6 Å². The number of pyridine rings is 1. The first-order chi connectivity index (χ1) is 9.06. The molecule has 0 aliphatic rings. The molecule has 3 N–H and O–H groups in total. The van der Waals surface area contributed by atoms with Crippen molar-refractivity contribution in [1.82, 2.24) is 4.98 Å². The molecule has 0 bridgehead atoms. The molecule has 0 aliphatic carbocycles. The molecule has 0 spiro atoms. The third kappa shape index (κ3) is 3.12. The maximum Gasteiger partial charge on any atom is 0.411 e. The molecule has 6 heteroatoms. The summed E-state index contributed by atoms with van der Waals surface area (Å²) in [6.07, 6.45) is 0.482. The molecule has 1 aromatic heterocycles. The van der Waals surface area contributed by atoms with Crippen LogP contribution in [0.2, 0.25) is 0 Å². The van der Waals surface area contributed by atoms with E-state index in [2.05, 4.69) is 4.98 Å². The Labute approximate surface area is 110 Å². The van der Waals surface area contributed by atoms with Crippen molar-refractivity contribution < 1.29 is 14.6 Å². The van der Waals surface area contributed by atoms with E-state index in [1.54, 1.807) is 36.4 Å². The maximum absolute atomic E-state index is 10.8. The van der Waals surface area contributed by atoms with Crippen molar-refractivity contribution in [3.05, 3.63) is 42.6 Å². The smallest absolute Gasteiger partial charge is 0.411 e. The summed E-state index contributed by atoms with van der Waals surface area (Å²) in [5.41, 5.74) is 6.64. The second kappa shape index (κ2) is 5.26. The number of carbonyl (C=O) groups is 1. The van der Waals surface area contributed by atoms with Crippen LogP contribution in [0.1, 0.15) is 0 Å². The van der Waals surface area contributed by atoms with Gasteiger partial charge < -0.3 is 15.6 Å². The van der Waals surface area contributed by atoms with E-state index >= 15 is 0 Å². The van der Waals surface area contributed by atoms with Gasteiger partial charge in [-0.3, -0.25) is 4.90 Å². The number of benzene rings is 1. The minimum atomic E-state index is -1.02. The van der Waals surface area contributed by atoms with Gasteiger partial charge in [0.1, 0.15) is 5.75 Å². The molecule has 1 heterocycles. The minimum absolute atomic E-state index is 0.425. The van der Waals surface area contributed by atoms with E-state index in [-0.39, 0.29) is 0 Å². The summed E-state index contributed by atoms with van der Waals surface area (Å²) in [6, 6.07) is 10.0. The molecule has 0 unspecified atom stereocenters. The van der Waals surface area contributed by atoms with Gasteiger partial charge in [0, 0.05) is 18.8 Å². The summed E-state index contributed by atoms with van der Waals surface area (Å²) in [5.74, 6) is 0.994. The molecule has 1 aromatic carbocycles. The molecular weight excluding hydrogens is 246 g/mol. The number of nitrogen functional groups attached to an aromatic ring is 1. The van der Waals surface area contributed by atoms with Gasteiger partial charge in [0.2, 0.25) is 5.88 Å². The molecule has 6 nitrogen and oxygen atoms in total. The van der Waals surface area contributed by atoms with E-state index in [0.29, 0.717) is 23.0 Å². The third-order valence-corrected chi connectivity index (χ3v) is 2.49. The highest BCUT2D eigenvalue weighted by molar-refractivity contribution is 5.85. The Hall–Kier alpha value is -2.76. The molecule has 0 radical (unpaired) electrons. The zero-order valence-corrected chi connectivity index (χ0v) is 10.3. The summed E-state index contributed by atoms with van der Waals surface area (Å²) in [7, 11) is 1.47. The standard InChI is InChI=1S/C13H13N3O3/c1-16(13(17)18)10-3-5-11(6-4-10)19-12-7-2-9(14)8-15-12/h2-8H,14H2,1H3,(H,17,18). The SMILES string of the molecule is CN(C(=O)O)c1ccc(Oc2ccc(N)cn2)cc1. The number of rotatable bonds is 3. The Morgan fingerprint density at radius 1 is 1.26 bits per heavy atom. The van der Waals surface area contributed by atoms with E-state index in [1.807, 2.05) is 0 Å². The highest BCUT2D eigenvalue weighted by Crippen LogP contribution is 2.23. The van der Waals surface area contributed by atoms with E-state index in [9.17, 15) is 4.79 Å². The fourth-order valence-corrected chi connectivity index (χ4v) is 1.42. The van der Waals surface area contributed by atoms with E-state index < -0.39 is 6.09 Å². The van der Waals surface area contributed by atoms with Crippen molar-refractivity contribution in [2.24, 2.45) is 0 Å². The number of nitrogens with zero attached hydrogens (tertiary/aromatic N) is 2. The zero-order chi connectivity index (χ0) is 13.8. The lowest BCUT2D eigenvalue weighted by Gasteiger charge is -2.13. The largest absolute Gasteiger partial charge is 0.465 e. The number of aromatic nitrogens is 1. The van der Waals surface area contributed by atoms with Crippen molar-refractivity contribution >= 4 is 17.5 Å². The van der Waals surface area contributed by atoms with Crippen LogP contribution in [-0.4, -0.2) is 23.2 Å². The summed E-state index contributed by atoms with van der Waals surface area (Å²) >= 11 is 0. The van der Waals surface area contributed by atoms with Crippen molar-refractivity contribution in [2.45, 2.75) is 0 Å². The van der Waals surface area contributed by atoms with Gasteiger partial charge in [0.25, 0.3) is 0 Å². The van der Waals surface area contributed by atoms with Gasteiger partial charge in [0.15, 0.2) is 0 Å². The number of ether oxygens (including phenoxy) is 1. The lowest BCUT2D eigenvalue weighted by atomic mass is 10.3.